The third-order valence-electron chi connectivity index (χ3n) is 16.8. The van der Waals surface area contributed by atoms with Gasteiger partial charge in [-0.3, -0.25) is 63.9 Å². The maximum Gasteiger partial charge on any atom is 0.312 e. The maximum absolute atomic E-state index is 12.7. The molecule has 6 amide bonds. The maximum atomic E-state index is 12.7. The van der Waals surface area contributed by atoms with Gasteiger partial charge in [0.25, 0.3) is 0 Å². The van der Waals surface area contributed by atoms with Crippen LogP contribution in [-0.2, 0) is 71.6 Å². The summed E-state index contributed by atoms with van der Waals surface area (Å²) in [6.07, 6.45) is 1.45. The lowest BCUT2D eigenvalue weighted by atomic mass is 9.73. The number of carbonyl (C=O) groups excluding carboxylic acids is 10. The average molecular weight is 923 g/mol. The number of nitrogens with zero attached hydrogens (tertiary/aromatic N) is 1. The zero-order valence-electron chi connectivity index (χ0n) is 39.1. The normalized spacial score (nSPS) is 37.6. The van der Waals surface area contributed by atoms with Gasteiger partial charge < -0.3 is 23.7 Å². The Bertz CT molecular complexity index is 2160. The number of rotatable bonds is 10. The molecule has 66 heavy (non-hydrogen) atoms. The minimum Gasteiger partial charge on any atom is -0.469 e. The lowest BCUT2D eigenvalue weighted by Gasteiger charge is -2.30. The first kappa shape index (κ1) is 48.7. The summed E-state index contributed by atoms with van der Waals surface area (Å²) in [5.74, 6) is -8.52. The second kappa shape index (κ2) is 17.4. The summed E-state index contributed by atoms with van der Waals surface area (Å²) < 4.78 is 26.4. The molecule has 17 unspecified atom stereocenters. The van der Waals surface area contributed by atoms with Crippen LogP contribution < -0.4 is 16.0 Å². The van der Waals surface area contributed by atoms with Crippen molar-refractivity contribution in [2.45, 2.75) is 131 Å². The molecule has 17 atom stereocenters. The molecule has 0 aromatic heterocycles. The van der Waals surface area contributed by atoms with Crippen LogP contribution in [0.1, 0.15) is 101 Å². The molecule has 3 N–H and O–H groups in total. The minimum atomic E-state index is -0.668. The van der Waals surface area contributed by atoms with E-state index in [0.717, 1.165) is 0 Å². The highest BCUT2D eigenvalue weighted by Gasteiger charge is 2.71. The molecule has 9 aliphatic rings. The third kappa shape index (κ3) is 7.87. The van der Waals surface area contributed by atoms with Gasteiger partial charge >= 0.3 is 23.9 Å². The van der Waals surface area contributed by atoms with Crippen molar-refractivity contribution in [2.24, 2.45) is 87.3 Å². The number of imide groups is 3. The van der Waals surface area contributed by atoms with Crippen LogP contribution >= 0.6 is 0 Å². The highest BCUT2D eigenvalue weighted by Crippen LogP contribution is 2.62. The van der Waals surface area contributed by atoms with Crippen LogP contribution in [0.2, 0.25) is 0 Å². The molecule has 4 aliphatic carbocycles. The van der Waals surface area contributed by atoms with Crippen molar-refractivity contribution >= 4 is 59.3 Å². The third-order valence-corrected chi connectivity index (χ3v) is 16.8. The van der Waals surface area contributed by atoms with E-state index in [-0.39, 0.29) is 83.3 Å². The molecule has 5 aliphatic heterocycles. The van der Waals surface area contributed by atoms with E-state index in [1.807, 2.05) is 20.8 Å². The highest BCUT2D eigenvalue weighted by atomic mass is 16.6. The van der Waals surface area contributed by atoms with Crippen molar-refractivity contribution in [3.8, 4) is 6.07 Å². The van der Waals surface area contributed by atoms with E-state index < -0.39 is 93.8 Å². The van der Waals surface area contributed by atoms with Crippen LogP contribution in [-0.4, -0.2) is 96.9 Å². The molecular weight excluding hydrogens is 861 g/mol. The molecule has 4 saturated carbocycles. The van der Waals surface area contributed by atoms with Crippen LogP contribution in [0.25, 0.3) is 0 Å². The molecule has 5 heterocycles. The Hall–Kier alpha value is -5.25. The Morgan fingerprint density at radius 2 is 1.00 bits per heavy atom. The monoisotopic (exact) mass is 922 g/mol. The van der Waals surface area contributed by atoms with Crippen molar-refractivity contribution < 1.29 is 71.6 Å². The Labute approximate surface area is 383 Å². The molecule has 9 fully saturated rings. The van der Waals surface area contributed by atoms with Gasteiger partial charge in [0.15, 0.2) is 0 Å². The Kier molecular flexibility index (Phi) is 12.9. The van der Waals surface area contributed by atoms with Crippen LogP contribution in [0.4, 0.5) is 0 Å². The topological polar surface area (TPSA) is 277 Å². The van der Waals surface area contributed by atoms with Gasteiger partial charge in [-0.25, -0.2) is 0 Å². The van der Waals surface area contributed by atoms with E-state index in [1.165, 1.54) is 7.11 Å². The Balaban J connectivity index is 0.000000148. The number of nitrogens with one attached hydrogen (secondary N) is 3. The summed E-state index contributed by atoms with van der Waals surface area (Å²) >= 11 is 0. The molecule has 9 rings (SSSR count). The first-order valence-electron chi connectivity index (χ1n) is 23.2. The summed E-state index contributed by atoms with van der Waals surface area (Å²) in [5, 5.41) is 16.7. The number of hydrogen-bond acceptors (Lipinski definition) is 16. The van der Waals surface area contributed by atoms with Crippen molar-refractivity contribution in [3.63, 3.8) is 0 Å². The fourth-order valence-electron chi connectivity index (χ4n) is 11.6. The smallest absolute Gasteiger partial charge is 0.312 e. The highest BCUT2D eigenvalue weighted by molar-refractivity contribution is 6.02. The van der Waals surface area contributed by atoms with E-state index in [2.05, 4.69) is 22.0 Å². The fourth-order valence-corrected chi connectivity index (χ4v) is 11.6. The van der Waals surface area contributed by atoms with Gasteiger partial charge in [0.2, 0.25) is 35.4 Å². The van der Waals surface area contributed by atoms with Crippen molar-refractivity contribution in [3.05, 3.63) is 0 Å². The zero-order chi connectivity index (χ0) is 48.7. The molecule has 5 saturated heterocycles. The number of methoxy groups -OCH3 is 1. The van der Waals surface area contributed by atoms with Crippen LogP contribution in [0.3, 0.4) is 0 Å². The van der Waals surface area contributed by atoms with Crippen LogP contribution in [0, 0.1) is 98.6 Å². The Morgan fingerprint density at radius 3 is 1.47 bits per heavy atom. The van der Waals surface area contributed by atoms with Gasteiger partial charge in [-0.1, -0.05) is 62.3 Å². The molecule has 0 aromatic rings. The van der Waals surface area contributed by atoms with Gasteiger partial charge in [-0.15, -0.1) is 0 Å². The zero-order valence-corrected chi connectivity index (χ0v) is 39.1. The lowest BCUT2D eigenvalue weighted by Crippen LogP contribution is -2.49. The molecule has 360 valence electrons. The second-order valence-electron chi connectivity index (χ2n) is 21.3. The number of amides is 6. The van der Waals surface area contributed by atoms with Crippen molar-refractivity contribution in [1.82, 2.24) is 16.0 Å². The molecule has 0 spiro atoms. The standard InChI is InChI=1S/C17H23NO6.C16H20N2O4.C14H19NO5/c1-5-17(2,3)16(22)18-13(19)11-7-6-8-10(9(7)14(20)23-4)15(21)24-12(8)11;1-4-16(2,3)15(21)18-13(19)11-7-5-8-10(9(7)6-17)14(20)22-12(8)11;1-4-14(2,3)13(18)15-11(16)8-7-5-6-9(19-7)10(8)20-12(6)17/h7-12H,5-6H2,1-4H3,(H,18,19,22);7-12H,4-5H2,1-3H3,(H,18,19,21);6-10H,4-5H2,1-3H3,(H,15,16,18). The molecule has 6 bridgehead atoms. The van der Waals surface area contributed by atoms with Gasteiger partial charge in [-0.05, 0) is 50.4 Å². The number of carbonyl (C=O) groups is 10. The minimum absolute atomic E-state index is 0.0489. The van der Waals surface area contributed by atoms with E-state index in [1.54, 1.807) is 41.5 Å². The summed E-state index contributed by atoms with van der Waals surface area (Å²) in [6.45, 7) is 16.3. The van der Waals surface area contributed by atoms with Gasteiger partial charge in [0.1, 0.15) is 30.3 Å². The van der Waals surface area contributed by atoms with Gasteiger partial charge in [-0.2, -0.15) is 5.26 Å². The van der Waals surface area contributed by atoms with E-state index in [4.69, 9.17) is 23.7 Å². The number of fused-ring (bicyclic) bond motifs is 3. The van der Waals surface area contributed by atoms with E-state index in [9.17, 15) is 53.2 Å². The summed E-state index contributed by atoms with van der Waals surface area (Å²) in [5.41, 5.74) is -1.89. The molecule has 0 radical (unpaired) electrons. The predicted octanol–water partition coefficient (Wildman–Crippen LogP) is 2.07. The largest absolute Gasteiger partial charge is 0.469 e. The quantitative estimate of drug-likeness (QED) is 0.209. The van der Waals surface area contributed by atoms with Gasteiger partial charge in [0.05, 0.1) is 60.7 Å². The van der Waals surface area contributed by atoms with Crippen LogP contribution in [0.15, 0.2) is 0 Å². The van der Waals surface area contributed by atoms with Gasteiger partial charge in [0, 0.05) is 28.1 Å². The summed E-state index contributed by atoms with van der Waals surface area (Å²) in [4.78, 5) is 122. The predicted molar refractivity (Wildman–Crippen MR) is 223 cm³/mol. The SMILES string of the molecule is CCC(C)(C)C(=O)NC(=O)C1C2CC3C(=O)OC1C3O2.CCC(C)(C)C(=O)NC(=O)C1C2CC3C1OC(=O)C3C2C#N.CCC(C)(C)C(=O)NC(=O)C1C2CC3C1OC(=O)C3C2C(=O)OC. The Morgan fingerprint density at radius 1 is 0.576 bits per heavy atom. The number of nitriles is 1. The number of ether oxygens (including phenoxy) is 5. The number of hydrogen-bond donors (Lipinski definition) is 3. The molecule has 19 heteroatoms. The first-order valence-corrected chi connectivity index (χ1v) is 23.2. The number of esters is 4. The van der Waals surface area contributed by atoms with E-state index in [0.29, 0.717) is 38.5 Å². The molecular formula is C47H62N4O15. The first-order chi connectivity index (χ1) is 30.9. The van der Waals surface area contributed by atoms with Crippen molar-refractivity contribution in [2.75, 3.05) is 7.11 Å². The molecule has 19 nitrogen and oxygen atoms in total. The average Bonchev–Trinajstić information content (AvgIpc) is 4.16. The summed E-state index contributed by atoms with van der Waals surface area (Å²) in [7, 11) is 1.27. The summed E-state index contributed by atoms with van der Waals surface area (Å²) in [6, 6.07) is 2.17. The fraction of sp³-hybridized carbons (Fsp3) is 0.766. The molecule has 0 aromatic carbocycles. The second-order valence-corrected chi connectivity index (χ2v) is 21.3. The van der Waals surface area contributed by atoms with E-state index >= 15 is 0 Å². The lowest BCUT2D eigenvalue weighted by molar-refractivity contribution is -0.153. The van der Waals surface area contributed by atoms with Crippen molar-refractivity contribution in [1.29, 1.82) is 5.26 Å². The van der Waals surface area contributed by atoms with Crippen LogP contribution in [0.5, 0.6) is 0 Å².